The van der Waals surface area contributed by atoms with Crippen LogP contribution in [0.25, 0.3) is 0 Å². The number of aliphatic hydroxyl groups excluding tert-OH is 4. The van der Waals surface area contributed by atoms with Gasteiger partial charge in [-0.2, -0.15) is 0 Å². The molecule has 3 aliphatic heterocycles. The summed E-state index contributed by atoms with van der Waals surface area (Å²) in [4.78, 5) is 38.1. The van der Waals surface area contributed by atoms with Gasteiger partial charge >= 0.3 is 5.97 Å². The lowest BCUT2D eigenvalue weighted by Crippen LogP contribution is -2.60. The van der Waals surface area contributed by atoms with E-state index in [1.54, 1.807) is 19.9 Å². The molecule has 5 fully saturated rings. The first-order valence-corrected chi connectivity index (χ1v) is 15.3. The molecule has 0 radical (unpaired) electrons. The highest BCUT2D eigenvalue weighted by molar-refractivity contribution is 6.00. The number of ketones is 1. The van der Waals surface area contributed by atoms with Crippen molar-refractivity contribution in [2.45, 2.75) is 102 Å². The maximum Gasteiger partial charge on any atom is 0.339 e. The van der Waals surface area contributed by atoms with Crippen LogP contribution in [0.3, 0.4) is 0 Å². The maximum absolute atomic E-state index is 13.3. The molecule has 10 atom stereocenters. The van der Waals surface area contributed by atoms with Gasteiger partial charge in [-0.3, -0.25) is 9.59 Å². The number of rotatable bonds is 11. The van der Waals surface area contributed by atoms with Crippen LogP contribution in [0.1, 0.15) is 70.2 Å². The zero-order valence-electron chi connectivity index (χ0n) is 25.8. The van der Waals surface area contributed by atoms with Crippen molar-refractivity contribution >= 4 is 23.3 Å². The average molecular weight is 634 g/mol. The number of nitrogens with one attached hydrogen (secondary N) is 1. The Labute approximate surface area is 260 Å². The normalized spacial score (nSPS) is 37.2. The standard InChI is InChI=1S/C32H43NO12/c1-15-19-11-16-12-32(15,14-31(16,4)45-19)10-7-21(35)30(2,3)9-8-22(36)33-23-18(6-5-17(24(23)37)28(41)42)43-29-27(40)26(39)25(38)20(13-34)44-29/h5-7,10,15-16,19-20,25-27,29,34,37-40H,8-9,11-14H2,1-4H3,(H,33,36)(H,41,42). The van der Waals surface area contributed by atoms with Crippen molar-refractivity contribution < 1.29 is 59.2 Å². The van der Waals surface area contributed by atoms with Gasteiger partial charge in [-0.05, 0) is 68.1 Å². The van der Waals surface area contributed by atoms with Crippen molar-refractivity contribution in [2.24, 2.45) is 22.7 Å². The number of carboxylic acids is 1. The van der Waals surface area contributed by atoms with E-state index in [4.69, 9.17) is 14.2 Å². The molecular formula is C32H43NO12. The van der Waals surface area contributed by atoms with Crippen LogP contribution in [0.4, 0.5) is 5.69 Å². The number of hydrogen-bond acceptors (Lipinski definition) is 11. The molecule has 248 valence electrons. The molecule has 13 heteroatoms. The van der Waals surface area contributed by atoms with Gasteiger partial charge in [0.15, 0.2) is 11.5 Å². The van der Waals surface area contributed by atoms with E-state index in [0.29, 0.717) is 11.8 Å². The smallest absolute Gasteiger partial charge is 0.339 e. The van der Waals surface area contributed by atoms with Crippen LogP contribution < -0.4 is 10.1 Å². The molecule has 4 bridgehead atoms. The number of aliphatic hydroxyl groups is 4. The summed E-state index contributed by atoms with van der Waals surface area (Å²) < 4.78 is 17.2. The Kier molecular flexibility index (Phi) is 8.83. The fraction of sp³-hybridized carbons (Fsp3) is 0.656. The summed E-state index contributed by atoms with van der Waals surface area (Å²) in [5.74, 6) is -2.62. The van der Waals surface area contributed by atoms with Crippen LogP contribution in [0, 0.1) is 22.7 Å². The fourth-order valence-corrected chi connectivity index (χ4v) is 7.46. The summed E-state index contributed by atoms with van der Waals surface area (Å²) in [7, 11) is 0. The van der Waals surface area contributed by atoms with Crippen molar-refractivity contribution in [3.8, 4) is 11.5 Å². The number of anilines is 1. The van der Waals surface area contributed by atoms with Gasteiger partial charge in [0, 0.05) is 11.8 Å². The van der Waals surface area contributed by atoms with E-state index in [0.717, 1.165) is 31.4 Å². The second kappa shape index (κ2) is 11.9. The number of aromatic carboxylic acids is 1. The predicted octanol–water partition coefficient (Wildman–Crippen LogP) is 1.73. The van der Waals surface area contributed by atoms with E-state index >= 15 is 0 Å². The van der Waals surface area contributed by atoms with E-state index in [-0.39, 0.29) is 41.5 Å². The minimum absolute atomic E-state index is 0.0895. The number of carbonyl (C=O) groups is 3. The fourth-order valence-electron chi connectivity index (χ4n) is 7.46. The van der Waals surface area contributed by atoms with Crippen LogP contribution in [-0.2, 0) is 19.1 Å². The Bertz CT molecular complexity index is 1380. The summed E-state index contributed by atoms with van der Waals surface area (Å²) >= 11 is 0. The summed E-state index contributed by atoms with van der Waals surface area (Å²) in [5, 5.41) is 62.6. The van der Waals surface area contributed by atoms with Gasteiger partial charge in [0.1, 0.15) is 41.4 Å². The largest absolute Gasteiger partial charge is 0.505 e. The molecule has 1 aromatic carbocycles. The quantitative estimate of drug-likeness (QED) is 0.137. The number of carbonyl (C=O) groups excluding carboxylic acids is 2. The molecule has 6 rings (SSSR count). The first-order valence-electron chi connectivity index (χ1n) is 15.3. The topological polar surface area (TPSA) is 212 Å². The minimum Gasteiger partial charge on any atom is -0.505 e. The highest BCUT2D eigenvalue weighted by Crippen LogP contribution is 2.66. The number of aromatic hydroxyl groups is 1. The van der Waals surface area contributed by atoms with Crippen molar-refractivity contribution in [2.75, 3.05) is 11.9 Å². The minimum atomic E-state index is -1.79. The molecule has 0 spiro atoms. The Morgan fingerprint density at radius 2 is 1.87 bits per heavy atom. The molecule has 2 aliphatic carbocycles. The van der Waals surface area contributed by atoms with Crippen molar-refractivity contribution in [3.63, 3.8) is 0 Å². The Morgan fingerprint density at radius 3 is 2.51 bits per heavy atom. The highest BCUT2D eigenvalue weighted by atomic mass is 16.7. The molecule has 7 N–H and O–H groups in total. The molecule has 10 unspecified atom stereocenters. The van der Waals surface area contributed by atoms with Crippen molar-refractivity contribution in [1.29, 1.82) is 0 Å². The Balaban J connectivity index is 1.26. The molecule has 0 aromatic heterocycles. The van der Waals surface area contributed by atoms with Crippen molar-refractivity contribution in [1.82, 2.24) is 0 Å². The van der Waals surface area contributed by atoms with Crippen LogP contribution in [0.2, 0.25) is 0 Å². The van der Waals surface area contributed by atoms with E-state index in [1.165, 1.54) is 0 Å². The second-order valence-electron chi connectivity index (χ2n) is 13.9. The maximum atomic E-state index is 13.3. The number of amides is 1. The van der Waals surface area contributed by atoms with Gasteiger partial charge in [0.05, 0.1) is 18.3 Å². The van der Waals surface area contributed by atoms with Gasteiger partial charge in [-0.15, -0.1) is 0 Å². The summed E-state index contributed by atoms with van der Waals surface area (Å²) in [5.41, 5.74) is -2.13. The summed E-state index contributed by atoms with van der Waals surface area (Å²) in [6.07, 6.45) is -1.35. The van der Waals surface area contributed by atoms with E-state index in [2.05, 4.69) is 19.2 Å². The van der Waals surface area contributed by atoms with E-state index < -0.39 is 71.6 Å². The molecule has 1 amide bonds. The number of hydrogen-bond donors (Lipinski definition) is 7. The monoisotopic (exact) mass is 633 g/mol. The SMILES string of the molecule is CC1C2CC3CC1(C=CC(=O)C(C)(C)CCC(=O)Nc1c(OC4OC(CO)C(O)C(O)C4O)ccc(C(=O)O)c1O)CC3(C)O2. The van der Waals surface area contributed by atoms with Crippen LogP contribution >= 0.6 is 0 Å². The molecule has 1 aromatic rings. The van der Waals surface area contributed by atoms with Crippen LogP contribution in [0.5, 0.6) is 11.5 Å². The third-order valence-corrected chi connectivity index (χ3v) is 10.5. The Hall–Kier alpha value is -3.07. The number of benzene rings is 1. The first-order chi connectivity index (χ1) is 21.0. The number of ether oxygens (including phenoxy) is 3. The zero-order valence-corrected chi connectivity index (χ0v) is 25.8. The molecule has 5 aliphatic rings. The number of allylic oxidation sites excluding steroid dienone is 2. The number of phenols is 1. The van der Waals surface area contributed by atoms with E-state index in [1.807, 2.05) is 6.08 Å². The predicted molar refractivity (Wildman–Crippen MR) is 157 cm³/mol. The third kappa shape index (κ3) is 5.97. The number of carboxylic acid groups (broad SMARTS) is 1. The first kappa shape index (κ1) is 33.3. The molecule has 3 saturated heterocycles. The lowest BCUT2D eigenvalue weighted by molar-refractivity contribution is -0.277. The molecule has 3 heterocycles. The van der Waals surface area contributed by atoms with E-state index in [9.17, 15) is 45.0 Å². The van der Waals surface area contributed by atoms with Gasteiger partial charge in [0.2, 0.25) is 12.2 Å². The molecule has 45 heavy (non-hydrogen) atoms. The zero-order chi connectivity index (χ0) is 33.1. The van der Waals surface area contributed by atoms with Gasteiger partial charge in [-0.1, -0.05) is 26.8 Å². The van der Waals surface area contributed by atoms with Gasteiger partial charge < -0.3 is 50.2 Å². The molecule has 13 nitrogen and oxygen atoms in total. The highest BCUT2D eigenvalue weighted by Gasteiger charge is 2.65. The molecular weight excluding hydrogens is 590 g/mol. The van der Waals surface area contributed by atoms with Crippen LogP contribution in [-0.4, -0.2) is 97.3 Å². The third-order valence-electron chi connectivity index (χ3n) is 10.5. The second-order valence-corrected chi connectivity index (χ2v) is 13.9. The lowest BCUT2D eigenvalue weighted by Gasteiger charge is -2.44. The lowest BCUT2D eigenvalue weighted by atomic mass is 9.66. The van der Waals surface area contributed by atoms with Gasteiger partial charge in [-0.25, -0.2) is 4.79 Å². The molecule has 2 saturated carbocycles. The summed E-state index contributed by atoms with van der Waals surface area (Å²) in [6.45, 7) is 7.11. The van der Waals surface area contributed by atoms with Gasteiger partial charge in [0.25, 0.3) is 0 Å². The summed E-state index contributed by atoms with van der Waals surface area (Å²) in [6, 6.07) is 2.13. The Morgan fingerprint density at radius 1 is 1.16 bits per heavy atom. The van der Waals surface area contributed by atoms with Crippen molar-refractivity contribution in [3.05, 3.63) is 29.8 Å². The van der Waals surface area contributed by atoms with Crippen LogP contribution in [0.15, 0.2) is 24.3 Å². The average Bonchev–Trinajstić information content (AvgIpc) is 3.39.